The number of hydrogen-bond acceptors (Lipinski definition) is 7. The number of nitrogens with zero attached hydrogens (tertiary/aromatic N) is 4. The molecule has 1 unspecified atom stereocenters. The third kappa shape index (κ3) is 4.74. The number of rotatable bonds is 7. The summed E-state index contributed by atoms with van der Waals surface area (Å²) in [4.78, 5) is 38.1. The molecule has 32 heavy (non-hydrogen) atoms. The molecule has 3 heterocycles. The van der Waals surface area contributed by atoms with Crippen molar-refractivity contribution in [1.29, 1.82) is 0 Å². The molecule has 1 fully saturated rings. The molecule has 0 spiro atoms. The first-order chi connectivity index (χ1) is 15.5. The summed E-state index contributed by atoms with van der Waals surface area (Å²) in [5.41, 5.74) is 7.44. The zero-order chi connectivity index (χ0) is 22.7. The Balaban J connectivity index is 1.49. The fourth-order valence-electron chi connectivity index (χ4n) is 3.71. The van der Waals surface area contributed by atoms with Gasteiger partial charge in [0.25, 0.3) is 0 Å². The van der Waals surface area contributed by atoms with Crippen LogP contribution < -0.4 is 5.73 Å². The molecule has 166 valence electrons. The van der Waals surface area contributed by atoms with E-state index in [1.165, 1.54) is 17.7 Å². The molecule has 0 aliphatic carbocycles. The molecule has 2 aromatic heterocycles. The standard InChI is InChI=1S/C22H22ClN5O3S/c1-31-12-15-11-27(10-14-4-6-17-18(9-14)25-13-26-20(17)24)21(29)22(30)28(15)8-2-3-16-5-7-19(23)32-16/h2-7,9,13,15H,8,10-12H2,1H3,(H2,24,25,26). The zero-order valence-corrected chi connectivity index (χ0v) is 19.0. The van der Waals surface area contributed by atoms with Crippen molar-refractivity contribution in [2.75, 3.05) is 32.5 Å². The maximum Gasteiger partial charge on any atom is 0.312 e. The number of amides is 2. The normalized spacial score (nSPS) is 17.1. The van der Waals surface area contributed by atoms with Crippen molar-refractivity contribution < 1.29 is 14.3 Å². The predicted molar refractivity (Wildman–Crippen MR) is 125 cm³/mol. The van der Waals surface area contributed by atoms with E-state index in [-0.39, 0.29) is 6.04 Å². The van der Waals surface area contributed by atoms with Gasteiger partial charge in [-0.15, -0.1) is 11.3 Å². The van der Waals surface area contributed by atoms with Gasteiger partial charge < -0.3 is 20.3 Å². The van der Waals surface area contributed by atoms with E-state index in [1.54, 1.807) is 16.9 Å². The van der Waals surface area contributed by atoms with Crippen LogP contribution in [0.4, 0.5) is 5.82 Å². The van der Waals surface area contributed by atoms with Crippen molar-refractivity contribution in [2.24, 2.45) is 0 Å². The monoisotopic (exact) mass is 471 g/mol. The number of aromatic nitrogens is 2. The first kappa shape index (κ1) is 22.2. The minimum Gasteiger partial charge on any atom is -0.383 e. The van der Waals surface area contributed by atoms with Crippen molar-refractivity contribution in [3.8, 4) is 0 Å². The molecule has 1 atom stereocenters. The Bertz CT molecular complexity index is 1180. The summed E-state index contributed by atoms with van der Waals surface area (Å²) in [7, 11) is 1.58. The van der Waals surface area contributed by atoms with Crippen molar-refractivity contribution in [3.05, 3.63) is 57.5 Å². The number of anilines is 1. The van der Waals surface area contributed by atoms with Gasteiger partial charge in [-0.3, -0.25) is 9.59 Å². The SMILES string of the molecule is COCC1CN(Cc2ccc3c(N)ncnc3c2)C(=O)C(=O)N1CC=Cc1ccc(Cl)s1. The van der Waals surface area contributed by atoms with Crippen molar-refractivity contribution >= 4 is 57.5 Å². The van der Waals surface area contributed by atoms with Crippen LogP contribution in [-0.2, 0) is 20.9 Å². The lowest BCUT2D eigenvalue weighted by molar-refractivity contribution is -0.160. The molecule has 8 nitrogen and oxygen atoms in total. The maximum absolute atomic E-state index is 12.9. The van der Waals surface area contributed by atoms with Crippen LogP contribution in [0, 0.1) is 0 Å². The van der Waals surface area contributed by atoms with Crippen molar-refractivity contribution in [1.82, 2.24) is 19.8 Å². The van der Waals surface area contributed by atoms with Crippen LogP contribution in [0.15, 0.2) is 42.7 Å². The molecule has 2 N–H and O–H groups in total. The molecule has 0 bridgehead atoms. The first-order valence-corrected chi connectivity index (χ1v) is 11.2. The molecular formula is C22H22ClN5O3S. The van der Waals surface area contributed by atoms with E-state index < -0.39 is 11.8 Å². The first-order valence-electron chi connectivity index (χ1n) is 9.96. The van der Waals surface area contributed by atoms with E-state index in [0.29, 0.717) is 41.9 Å². The van der Waals surface area contributed by atoms with Gasteiger partial charge in [-0.05, 0) is 35.9 Å². The summed E-state index contributed by atoms with van der Waals surface area (Å²) in [6.45, 7) is 1.31. The summed E-state index contributed by atoms with van der Waals surface area (Å²) < 4.78 is 6.03. The molecular weight excluding hydrogens is 450 g/mol. The Hall–Kier alpha value is -3.01. The highest BCUT2D eigenvalue weighted by atomic mass is 35.5. The maximum atomic E-state index is 12.9. The van der Waals surface area contributed by atoms with Gasteiger partial charge in [0.05, 0.1) is 22.5 Å². The van der Waals surface area contributed by atoms with Gasteiger partial charge in [0, 0.05) is 37.0 Å². The Morgan fingerprint density at radius 3 is 2.84 bits per heavy atom. The lowest BCUT2D eigenvalue weighted by atomic mass is 10.1. The number of benzene rings is 1. The van der Waals surface area contributed by atoms with E-state index in [0.717, 1.165) is 15.8 Å². The molecule has 4 rings (SSSR count). The highest BCUT2D eigenvalue weighted by Gasteiger charge is 2.38. The van der Waals surface area contributed by atoms with Gasteiger partial charge in [-0.1, -0.05) is 23.7 Å². The average Bonchev–Trinajstić information content (AvgIpc) is 3.19. The number of piperazine rings is 1. The number of halogens is 1. The number of carbonyl (C=O) groups is 2. The molecule has 10 heteroatoms. The van der Waals surface area contributed by atoms with Gasteiger partial charge in [0.15, 0.2) is 0 Å². The van der Waals surface area contributed by atoms with E-state index in [2.05, 4.69) is 9.97 Å². The third-order valence-electron chi connectivity index (χ3n) is 5.25. The Morgan fingerprint density at radius 1 is 1.25 bits per heavy atom. The van der Waals surface area contributed by atoms with E-state index in [4.69, 9.17) is 22.1 Å². The van der Waals surface area contributed by atoms with Crippen molar-refractivity contribution in [3.63, 3.8) is 0 Å². The second-order valence-electron chi connectivity index (χ2n) is 7.41. The number of nitrogen functional groups attached to an aromatic ring is 1. The van der Waals surface area contributed by atoms with E-state index in [1.807, 2.05) is 42.5 Å². The minimum atomic E-state index is -0.542. The second-order valence-corrected chi connectivity index (χ2v) is 9.15. The number of methoxy groups -OCH3 is 1. The highest BCUT2D eigenvalue weighted by Crippen LogP contribution is 2.23. The van der Waals surface area contributed by atoms with Crippen LogP contribution >= 0.6 is 22.9 Å². The molecule has 0 saturated carbocycles. The summed E-state index contributed by atoms with van der Waals surface area (Å²) in [6.07, 6.45) is 5.16. The Kier molecular flexibility index (Phi) is 6.69. The third-order valence-corrected chi connectivity index (χ3v) is 6.44. The Labute approximate surface area is 194 Å². The number of carbonyl (C=O) groups excluding carboxylic acids is 2. The largest absolute Gasteiger partial charge is 0.383 e. The average molecular weight is 472 g/mol. The van der Waals surface area contributed by atoms with Crippen LogP contribution in [0.1, 0.15) is 10.4 Å². The highest BCUT2D eigenvalue weighted by molar-refractivity contribution is 7.16. The zero-order valence-electron chi connectivity index (χ0n) is 17.4. The van der Waals surface area contributed by atoms with Crippen LogP contribution in [0.3, 0.4) is 0 Å². The van der Waals surface area contributed by atoms with Gasteiger partial charge in [-0.25, -0.2) is 9.97 Å². The minimum absolute atomic E-state index is 0.250. The van der Waals surface area contributed by atoms with Gasteiger partial charge >= 0.3 is 11.8 Å². The molecule has 1 aliphatic heterocycles. The molecule has 1 saturated heterocycles. The number of thiophene rings is 1. The fourth-order valence-corrected chi connectivity index (χ4v) is 4.70. The molecule has 0 radical (unpaired) electrons. The van der Waals surface area contributed by atoms with Gasteiger partial charge in [0.2, 0.25) is 0 Å². The van der Waals surface area contributed by atoms with Crippen LogP contribution in [0.25, 0.3) is 17.0 Å². The topological polar surface area (TPSA) is 102 Å². The molecule has 1 aliphatic rings. The van der Waals surface area contributed by atoms with Gasteiger partial charge in [-0.2, -0.15) is 0 Å². The van der Waals surface area contributed by atoms with E-state index in [9.17, 15) is 9.59 Å². The lowest BCUT2D eigenvalue weighted by Crippen LogP contribution is -2.60. The summed E-state index contributed by atoms with van der Waals surface area (Å²) in [5, 5.41) is 0.750. The smallest absolute Gasteiger partial charge is 0.312 e. The molecule has 1 aromatic carbocycles. The summed E-state index contributed by atoms with van der Waals surface area (Å²) >= 11 is 7.41. The number of nitrogens with two attached hydrogens (primary N) is 1. The van der Waals surface area contributed by atoms with E-state index >= 15 is 0 Å². The summed E-state index contributed by atoms with van der Waals surface area (Å²) in [6, 6.07) is 9.03. The lowest BCUT2D eigenvalue weighted by Gasteiger charge is -2.39. The molecule has 2 amide bonds. The number of hydrogen-bond donors (Lipinski definition) is 1. The predicted octanol–water partition coefficient (Wildman–Crippen LogP) is 2.83. The summed E-state index contributed by atoms with van der Waals surface area (Å²) in [5.74, 6) is -0.675. The van der Waals surface area contributed by atoms with Crippen LogP contribution in [0.5, 0.6) is 0 Å². The van der Waals surface area contributed by atoms with Crippen LogP contribution in [-0.4, -0.2) is 64.4 Å². The second kappa shape index (κ2) is 9.64. The fraction of sp³-hybridized carbons (Fsp3) is 0.273. The van der Waals surface area contributed by atoms with Gasteiger partial charge in [0.1, 0.15) is 12.1 Å². The number of ether oxygens (including phenoxy) is 1. The Morgan fingerprint density at radius 2 is 2.09 bits per heavy atom. The quantitative estimate of drug-likeness (QED) is 0.531. The van der Waals surface area contributed by atoms with Crippen LogP contribution in [0.2, 0.25) is 4.34 Å². The van der Waals surface area contributed by atoms with Crippen molar-refractivity contribution in [2.45, 2.75) is 12.6 Å². The number of fused-ring (bicyclic) bond motifs is 1. The molecule has 3 aromatic rings.